The van der Waals surface area contributed by atoms with Crippen LogP contribution in [0.15, 0.2) is 65.5 Å². The second-order valence-electron chi connectivity index (χ2n) is 4.67. The Morgan fingerprint density at radius 2 is 1.85 bits per heavy atom. The maximum absolute atomic E-state index is 4.72. The van der Waals surface area contributed by atoms with Gasteiger partial charge < -0.3 is 4.98 Å². The second kappa shape index (κ2) is 4.62. The average molecular weight is 276 g/mol. The Bertz CT molecular complexity index is 854. The van der Waals surface area contributed by atoms with Crippen molar-refractivity contribution in [3.63, 3.8) is 0 Å². The van der Waals surface area contributed by atoms with Crippen molar-refractivity contribution in [2.75, 3.05) is 0 Å². The van der Waals surface area contributed by atoms with Crippen LogP contribution in [0.5, 0.6) is 0 Å². The van der Waals surface area contributed by atoms with Gasteiger partial charge in [0, 0.05) is 22.7 Å². The molecule has 0 aliphatic rings. The van der Waals surface area contributed by atoms with Crippen LogP contribution in [0.4, 0.5) is 0 Å². The van der Waals surface area contributed by atoms with E-state index in [2.05, 4.69) is 64.3 Å². The molecule has 96 valence electrons. The van der Waals surface area contributed by atoms with Gasteiger partial charge in [0.1, 0.15) is 5.82 Å². The Labute approximate surface area is 120 Å². The summed E-state index contributed by atoms with van der Waals surface area (Å²) in [6, 6.07) is 16.8. The molecule has 0 fully saturated rings. The Kier molecular flexibility index (Phi) is 2.64. The number of nitrogens with zero attached hydrogens (tertiary/aromatic N) is 1. The van der Waals surface area contributed by atoms with Crippen molar-refractivity contribution >= 4 is 22.1 Å². The number of hydrogen-bond donors (Lipinski definition) is 1. The van der Waals surface area contributed by atoms with Gasteiger partial charge in [-0.25, -0.2) is 4.98 Å². The van der Waals surface area contributed by atoms with E-state index in [4.69, 9.17) is 4.98 Å². The van der Waals surface area contributed by atoms with Crippen LogP contribution in [0.25, 0.3) is 33.4 Å². The van der Waals surface area contributed by atoms with E-state index in [0.717, 1.165) is 17.1 Å². The SMILES string of the molecule is c1ccc2c(-c3c[nH]c(-c4ccsc4)n3)cccc2c1. The lowest BCUT2D eigenvalue weighted by Gasteiger charge is -2.03. The highest BCUT2D eigenvalue weighted by Crippen LogP contribution is 2.29. The number of fused-ring (bicyclic) bond motifs is 1. The summed E-state index contributed by atoms with van der Waals surface area (Å²) in [5.41, 5.74) is 3.30. The van der Waals surface area contributed by atoms with Crippen LogP contribution in [0.1, 0.15) is 0 Å². The van der Waals surface area contributed by atoms with Gasteiger partial charge in [-0.1, -0.05) is 42.5 Å². The number of aromatic amines is 1. The summed E-state index contributed by atoms with van der Waals surface area (Å²) in [5, 5.41) is 6.64. The third-order valence-corrected chi connectivity index (χ3v) is 4.12. The Hall–Kier alpha value is -2.39. The first-order valence-corrected chi connectivity index (χ1v) is 7.42. The van der Waals surface area contributed by atoms with Crippen molar-refractivity contribution in [1.29, 1.82) is 0 Å². The van der Waals surface area contributed by atoms with Gasteiger partial charge in [-0.2, -0.15) is 11.3 Å². The molecule has 3 heteroatoms. The predicted molar refractivity (Wildman–Crippen MR) is 84.8 cm³/mol. The molecule has 0 bridgehead atoms. The zero-order chi connectivity index (χ0) is 13.4. The first-order valence-electron chi connectivity index (χ1n) is 6.48. The highest BCUT2D eigenvalue weighted by molar-refractivity contribution is 7.08. The van der Waals surface area contributed by atoms with Crippen LogP contribution in [-0.4, -0.2) is 9.97 Å². The second-order valence-corrected chi connectivity index (χ2v) is 5.45. The molecule has 0 aliphatic carbocycles. The fourth-order valence-electron chi connectivity index (χ4n) is 2.46. The lowest BCUT2D eigenvalue weighted by atomic mass is 10.0. The van der Waals surface area contributed by atoms with E-state index in [1.165, 1.54) is 16.3 Å². The van der Waals surface area contributed by atoms with Crippen molar-refractivity contribution in [2.45, 2.75) is 0 Å². The number of hydrogen-bond acceptors (Lipinski definition) is 2. The molecular formula is C17H12N2S. The summed E-state index contributed by atoms with van der Waals surface area (Å²) in [7, 11) is 0. The summed E-state index contributed by atoms with van der Waals surface area (Å²) in [4.78, 5) is 7.99. The number of nitrogens with one attached hydrogen (secondary N) is 1. The maximum Gasteiger partial charge on any atom is 0.138 e. The summed E-state index contributed by atoms with van der Waals surface area (Å²) >= 11 is 1.68. The van der Waals surface area contributed by atoms with E-state index in [1.807, 2.05) is 6.20 Å². The van der Waals surface area contributed by atoms with Crippen molar-refractivity contribution in [3.05, 3.63) is 65.5 Å². The van der Waals surface area contributed by atoms with Crippen LogP contribution in [0.2, 0.25) is 0 Å². The molecule has 2 nitrogen and oxygen atoms in total. The van der Waals surface area contributed by atoms with Gasteiger partial charge in [-0.15, -0.1) is 0 Å². The monoisotopic (exact) mass is 276 g/mol. The van der Waals surface area contributed by atoms with Crippen LogP contribution >= 0.6 is 11.3 Å². The Balaban J connectivity index is 1.88. The molecule has 0 aliphatic heterocycles. The molecule has 0 saturated heterocycles. The lowest BCUT2D eigenvalue weighted by Crippen LogP contribution is -1.81. The molecule has 0 amide bonds. The molecular weight excluding hydrogens is 264 g/mol. The first kappa shape index (κ1) is 11.4. The number of H-pyrrole nitrogens is 1. The highest BCUT2D eigenvalue weighted by atomic mass is 32.1. The van der Waals surface area contributed by atoms with Crippen molar-refractivity contribution in [2.24, 2.45) is 0 Å². The molecule has 4 aromatic rings. The first-order chi connectivity index (χ1) is 9.92. The predicted octanol–water partition coefficient (Wildman–Crippen LogP) is 4.96. The maximum atomic E-state index is 4.72. The van der Waals surface area contributed by atoms with E-state index in [0.29, 0.717) is 0 Å². The minimum atomic E-state index is 0.925. The molecule has 0 atom stereocenters. The smallest absolute Gasteiger partial charge is 0.138 e. The molecule has 0 unspecified atom stereocenters. The van der Waals surface area contributed by atoms with Crippen LogP contribution in [-0.2, 0) is 0 Å². The molecule has 0 saturated carbocycles. The Morgan fingerprint density at radius 1 is 0.950 bits per heavy atom. The van der Waals surface area contributed by atoms with E-state index < -0.39 is 0 Å². The van der Waals surface area contributed by atoms with Crippen LogP contribution < -0.4 is 0 Å². The van der Waals surface area contributed by atoms with Gasteiger partial charge >= 0.3 is 0 Å². The van der Waals surface area contributed by atoms with Gasteiger partial charge in [0.15, 0.2) is 0 Å². The van der Waals surface area contributed by atoms with E-state index >= 15 is 0 Å². The number of imidazole rings is 1. The third-order valence-electron chi connectivity index (χ3n) is 3.44. The minimum absolute atomic E-state index is 0.925. The van der Waals surface area contributed by atoms with Gasteiger partial charge in [0.25, 0.3) is 0 Å². The zero-order valence-corrected chi connectivity index (χ0v) is 11.5. The molecule has 4 rings (SSSR count). The normalized spacial score (nSPS) is 11.0. The molecule has 0 spiro atoms. The van der Waals surface area contributed by atoms with Gasteiger partial charge in [0.05, 0.1) is 5.69 Å². The van der Waals surface area contributed by atoms with Crippen molar-refractivity contribution < 1.29 is 0 Å². The molecule has 0 radical (unpaired) electrons. The van der Waals surface area contributed by atoms with E-state index in [1.54, 1.807) is 11.3 Å². The lowest BCUT2D eigenvalue weighted by molar-refractivity contribution is 1.32. The van der Waals surface area contributed by atoms with Gasteiger partial charge in [0.2, 0.25) is 0 Å². The minimum Gasteiger partial charge on any atom is -0.344 e. The standard InChI is InChI=1S/C17H12N2S/c1-2-6-14-12(4-1)5-3-7-15(14)16-10-18-17(19-16)13-8-9-20-11-13/h1-11H,(H,18,19). The Morgan fingerprint density at radius 3 is 2.75 bits per heavy atom. The quantitative estimate of drug-likeness (QED) is 0.551. The number of benzene rings is 2. The largest absolute Gasteiger partial charge is 0.344 e. The summed E-state index contributed by atoms with van der Waals surface area (Å²) in [6.45, 7) is 0. The van der Waals surface area contributed by atoms with Crippen molar-refractivity contribution in [1.82, 2.24) is 9.97 Å². The fraction of sp³-hybridized carbons (Fsp3) is 0. The molecule has 1 N–H and O–H groups in total. The topological polar surface area (TPSA) is 28.7 Å². The van der Waals surface area contributed by atoms with Crippen molar-refractivity contribution in [3.8, 4) is 22.6 Å². The van der Waals surface area contributed by atoms with E-state index in [-0.39, 0.29) is 0 Å². The summed E-state index contributed by atoms with van der Waals surface area (Å²) in [6.07, 6.45) is 1.98. The summed E-state index contributed by atoms with van der Waals surface area (Å²) < 4.78 is 0. The number of rotatable bonds is 2. The molecule has 2 heterocycles. The van der Waals surface area contributed by atoms with Crippen LogP contribution in [0, 0.1) is 0 Å². The molecule has 20 heavy (non-hydrogen) atoms. The molecule has 2 aromatic carbocycles. The van der Waals surface area contributed by atoms with E-state index in [9.17, 15) is 0 Å². The van der Waals surface area contributed by atoms with Crippen LogP contribution in [0.3, 0.4) is 0 Å². The fourth-order valence-corrected chi connectivity index (χ4v) is 3.10. The van der Waals surface area contributed by atoms with Gasteiger partial charge in [-0.05, 0) is 22.2 Å². The highest BCUT2D eigenvalue weighted by Gasteiger charge is 2.08. The number of thiophene rings is 1. The van der Waals surface area contributed by atoms with Gasteiger partial charge in [-0.3, -0.25) is 0 Å². The molecule has 2 aromatic heterocycles. The average Bonchev–Trinajstić information content (AvgIpc) is 3.17. The zero-order valence-electron chi connectivity index (χ0n) is 10.7. The number of aromatic nitrogens is 2. The third kappa shape index (κ3) is 1.84. The summed E-state index contributed by atoms with van der Waals surface area (Å²) in [5.74, 6) is 0.925.